The van der Waals surface area contributed by atoms with Gasteiger partial charge in [-0.1, -0.05) is 0 Å². The SMILES string of the molecule is O=C(C1CC1)N1CCC(NC2CCNC2)CC1. The Hall–Kier alpha value is -0.610. The second-order valence-corrected chi connectivity index (χ2v) is 5.73. The lowest BCUT2D eigenvalue weighted by Gasteiger charge is -2.34. The molecule has 2 aliphatic heterocycles. The largest absolute Gasteiger partial charge is 0.342 e. The molecule has 0 spiro atoms. The van der Waals surface area contributed by atoms with Crippen molar-refractivity contribution in [3.05, 3.63) is 0 Å². The fourth-order valence-electron chi connectivity index (χ4n) is 2.99. The van der Waals surface area contributed by atoms with Gasteiger partial charge >= 0.3 is 0 Å². The molecule has 1 aliphatic carbocycles. The normalized spacial score (nSPS) is 30.8. The first-order chi connectivity index (χ1) is 8.33. The summed E-state index contributed by atoms with van der Waals surface area (Å²) in [7, 11) is 0. The van der Waals surface area contributed by atoms with Crippen LogP contribution in [0.2, 0.25) is 0 Å². The predicted octanol–water partition coefficient (Wildman–Crippen LogP) is 0.339. The molecule has 3 rings (SSSR count). The Morgan fingerprint density at radius 2 is 1.82 bits per heavy atom. The molecular weight excluding hydrogens is 214 g/mol. The van der Waals surface area contributed by atoms with E-state index in [1.165, 1.54) is 6.42 Å². The molecule has 17 heavy (non-hydrogen) atoms. The van der Waals surface area contributed by atoms with Crippen LogP contribution in [0.25, 0.3) is 0 Å². The number of hydrogen-bond acceptors (Lipinski definition) is 3. The molecule has 0 bridgehead atoms. The summed E-state index contributed by atoms with van der Waals surface area (Å²) in [4.78, 5) is 14.0. The van der Waals surface area contributed by atoms with Crippen molar-refractivity contribution < 1.29 is 4.79 Å². The van der Waals surface area contributed by atoms with E-state index in [9.17, 15) is 4.79 Å². The molecule has 0 aromatic carbocycles. The van der Waals surface area contributed by atoms with Gasteiger partial charge in [0.25, 0.3) is 0 Å². The van der Waals surface area contributed by atoms with Gasteiger partial charge in [-0.15, -0.1) is 0 Å². The molecule has 2 heterocycles. The molecule has 3 fully saturated rings. The number of piperidine rings is 1. The van der Waals surface area contributed by atoms with Crippen molar-refractivity contribution in [2.75, 3.05) is 26.2 Å². The van der Waals surface area contributed by atoms with E-state index in [1.54, 1.807) is 0 Å². The van der Waals surface area contributed by atoms with Crippen molar-refractivity contribution in [3.63, 3.8) is 0 Å². The van der Waals surface area contributed by atoms with Crippen LogP contribution in [-0.4, -0.2) is 49.1 Å². The molecule has 1 unspecified atom stereocenters. The van der Waals surface area contributed by atoms with Gasteiger partial charge in [0.15, 0.2) is 0 Å². The number of nitrogens with zero attached hydrogens (tertiary/aromatic N) is 1. The van der Waals surface area contributed by atoms with E-state index in [2.05, 4.69) is 15.5 Å². The molecule has 3 aliphatic rings. The maximum Gasteiger partial charge on any atom is 0.225 e. The molecule has 4 heteroatoms. The highest BCUT2D eigenvalue weighted by Gasteiger charge is 2.35. The van der Waals surface area contributed by atoms with Crippen LogP contribution in [0.15, 0.2) is 0 Å². The van der Waals surface area contributed by atoms with E-state index in [0.717, 1.165) is 51.9 Å². The van der Waals surface area contributed by atoms with Crippen molar-refractivity contribution in [1.29, 1.82) is 0 Å². The number of amides is 1. The summed E-state index contributed by atoms with van der Waals surface area (Å²) in [5.74, 6) is 0.810. The van der Waals surface area contributed by atoms with Crippen molar-refractivity contribution in [1.82, 2.24) is 15.5 Å². The van der Waals surface area contributed by atoms with E-state index in [-0.39, 0.29) is 0 Å². The van der Waals surface area contributed by atoms with E-state index >= 15 is 0 Å². The summed E-state index contributed by atoms with van der Waals surface area (Å²) in [6.07, 6.45) is 5.78. The van der Waals surface area contributed by atoms with Crippen molar-refractivity contribution in [3.8, 4) is 0 Å². The molecule has 0 aromatic heterocycles. The van der Waals surface area contributed by atoms with E-state index in [4.69, 9.17) is 0 Å². The third-order valence-electron chi connectivity index (χ3n) is 4.26. The molecule has 1 atom stereocenters. The zero-order valence-electron chi connectivity index (χ0n) is 10.5. The van der Waals surface area contributed by atoms with Gasteiger partial charge in [0.2, 0.25) is 5.91 Å². The van der Waals surface area contributed by atoms with E-state index in [0.29, 0.717) is 23.9 Å². The highest BCUT2D eigenvalue weighted by molar-refractivity contribution is 5.81. The second kappa shape index (κ2) is 4.94. The lowest BCUT2D eigenvalue weighted by Crippen LogP contribution is -2.48. The number of likely N-dealkylation sites (tertiary alicyclic amines) is 1. The quantitative estimate of drug-likeness (QED) is 0.744. The number of nitrogens with one attached hydrogen (secondary N) is 2. The third-order valence-corrected chi connectivity index (χ3v) is 4.26. The van der Waals surface area contributed by atoms with Gasteiger partial charge in [0.1, 0.15) is 0 Å². The maximum atomic E-state index is 11.9. The van der Waals surface area contributed by atoms with Gasteiger partial charge in [0.05, 0.1) is 0 Å². The van der Waals surface area contributed by atoms with Gasteiger partial charge < -0.3 is 15.5 Å². The smallest absolute Gasteiger partial charge is 0.225 e. The van der Waals surface area contributed by atoms with Crippen molar-refractivity contribution in [2.45, 2.75) is 44.2 Å². The van der Waals surface area contributed by atoms with Gasteiger partial charge in [-0.3, -0.25) is 4.79 Å². The summed E-state index contributed by atoms with van der Waals surface area (Å²) >= 11 is 0. The molecule has 0 radical (unpaired) electrons. The average Bonchev–Trinajstić information content (AvgIpc) is 3.09. The third kappa shape index (κ3) is 2.80. The number of hydrogen-bond donors (Lipinski definition) is 2. The Labute approximate surface area is 103 Å². The number of carbonyl (C=O) groups is 1. The Bertz CT molecular complexity index is 276. The van der Waals surface area contributed by atoms with E-state index in [1.807, 2.05) is 0 Å². The Balaban J connectivity index is 1.41. The molecule has 1 saturated carbocycles. The predicted molar refractivity (Wildman–Crippen MR) is 66.7 cm³/mol. The molecule has 0 aromatic rings. The first-order valence-electron chi connectivity index (χ1n) is 7.08. The monoisotopic (exact) mass is 237 g/mol. The van der Waals surface area contributed by atoms with Crippen LogP contribution in [0, 0.1) is 5.92 Å². The fourth-order valence-corrected chi connectivity index (χ4v) is 2.99. The van der Waals surface area contributed by atoms with Crippen LogP contribution >= 0.6 is 0 Å². The molecule has 2 saturated heterocycles. The fraction of sp³-hybridized carbons (Fsp3) is 0.923. The first kappa shape index (κ1) is 11.5. The minimum absolute atomic E-state index is 0.388. The summed E-state index contributed by atoms with van der Waals surface area (Å²) < 4.78 is 0. The summed E-state index contributed by atoms with van der Waals surface area (Å²) in [6.45, 7) is 4.19. The topological polar surface area (TPSA) is 44.4 Å². The number of carbonyl (C=O) groups excluding carboxylic acids is 1. The van der Waals surface area contributed by atoms with Crippen LogP contribution in [-0.2, 0) is 4.79 Å². The summed E-state index contributed by atoms with van der Waals surface area (Å²) in [5, 5.41) is 7.11. The minimum atomic E-state index is 0.388. The molecule has 4 nitrogen and oxygen atoms in total. The molecule has 2 N–H and O–H groups in total. The van der Waals surface area contributed by atoms with E-state index < -0.39 is 0 Å². The standard InChI is InChI=1S/C13H23N3O/c17-13(10-1-2-10)16-7-4-11(5-8-16)15-12-3-6-14-9-12/h10-12,14-15H,1-9H2. The maximum absolute atomic E-state index is 11.9. The van der Waals surface area contributed by atoms with Crippen LogP contribution < -0.4 is 10.6 Å². The van der Waals surface area contributed by atoms with Crippen LogP contribution in [0.3, 0.4) is 0 Å². The van der Waals surface area contributed by atoms with Crippen LogP contribution in [0.1, 0.15) is 32.1 Å². The molecular formula is C13H23N3O. The lowest BCUT2D eigenvalue weighted by atomic mass is 10.0. The molecule has 96 valence electrons. The Kier molecular flexibility index (Phi) is 3.34. The Morgan fingerprint density at radius 3 is 2.41 bits per heavy atom. The highest BCUT2D eigenvalue weighted by Crippen LogP contribution is 2.31. The zero-order valence-corrected chi connectivity index (χ0v) is 10.5. The van der Waals surface area contributed by atoms with Gasteiger partial charge in [0, 0.05) is 37.6 Å². The average molecular weight is 237 g/mol. The first-order valence-corrected chi connectivity index (χ1v) is 7.08. The van der Waals surface area contributed by atoms with Gasteiger partial charge in [-0.2, -0.15) is 0 Å². The second-order valence-electron chi connectivity index (χ2n) is 5.73. The summed E-state index contributed by atoms with van der Waals surface area (Å²) in [6, 6.07) is 1.29. The van der Waals surface area contributed by atoms with Gasteiger partial charge in [-0.25, -0.2) is 0 Å². The zero-order chi connectivity index (χ0) is 11.7. The highest BCUT2D eigenvalue weighted by atomic mass is 16.2. The van der Waals surface area contributed by atoms with Crippen molar-refractivity contribution >= 4 is 5.91 Å². The molecule has 1 amide bonds. The van der Waals surface area contributed by atoms with Crippen LogP contribution in [0.4, 0.5) is 0 Å². The lowest BCUT2D eigenvalue weighted by molar-refractivity contribution is -0.133. The summed E-state index contributed by atoms with van der Waals surface area (Å²) in [5.41, 5.74) is 0. The number of rotatable bonds is 3. The van der Waals surface area contributed by atoms with Crippen LogP contribution in [0.5, 0.6) is 0 Å². The minimum Gasteiger partial charge on any atom is -0.342 e. The van der Waals surface area contributed by atoms with Gasteiger partial charge in [-0.05, 0) is 38.6 Å². The Morgan fingerprint density at radius 1 is 1.06 bits per heavy atom. The van der Waals surface area contributed by atoms with Crippen molar-refractivity contribution in [2.24, 2.45) is 5.92 Å².